The van der Waals surface area contributed by atoms with Crippen LogP contribution in [0.15, 0.2) is 6.20 Å². The van der Waals surface area contributed by atoms with Gasteiger partial charge in [0.1, 0.15) is 6.54 Å². The molecule has 112 valence electrons. The molecule has 0 radical (unpaired) electrons. The van der Waals surface area contributed by atoms with E-state index in [1.165, 1.54) is 10.9 Å². The summed E-state index contributed by atoms with van der Waals surface area (Å²) in [5, 5.41) is 18.3. The molecule has 1 amide bonds. The number of carbonyl (C=O) groups excluding carboxylic acids is 1. The first-order valence-electron chi connectivity index (χ1n) is 6.47. The van der Waals surface area contributed by atoms with Crippen LogP contribution in [0.2, 0.25) is 0 Å². The van der Waals surface area contributed by atoms with Crippen molar-refractivity contribution < 1.29 is 19.4 Å². The van der Waals surface area contributed by atoms with Crippen molar-refractivity contribution in [3.8, 4) is 0 Å². The van der Waals surface area contributed by atoms with Crippen LogP contribution in [0.4, 0.5) is 0 Å². The summed E-state index contributed by atoms with van der Waals surface area (Å²) < 4.78 is 6.53. The van der Waals surface area contributed by atoms with Gasteiger partial charge in [0.25, 0.3) is 0 Å². The first-order valence-corrected chi connectivity index (χ1v) is 6.47. The fourth-order valence-corrected chi connectivity index (χ4v) is 1.36. The van der Waals surface area contributed by atoms with Crippen molar-refractivity contribution in [2.75, 3.05) is 19.8 Å². The van der Waals surface area contributed by atoms with Crippen molar-refractivity contribution in [1.82, 2.24) is 20.3 Å². The zero-order valence-electron chi connectivity index (χ0n) is 11.7. The van der Waals surface area contributed by atoms with Gasteiger partial charge in [0.05, 0.1) is 12.8 Å². The number of rotatable bonds is 9. The molecule has 0 unspecified atom stereocenters. The molecule has 0 fully saturated rings. The van der Waals surface area contributed by atoms with Crippen LogP contribution in [0.25, 0.3) is 0 Å². The number of hydrogen-bond donors (Lipinski definition) is 2. The fourth-order valence-electron chi connectivity index (χ4n) is 1.36. The van der Waals surface area contributed by atoms with E-state index in [0.717, 1.165) is 6.42 Å². The van der Waals surface area contributed by atoms with E-state index < -0.39 is 5.97 Å². The SMILES string of the molecule is CC(C)CCOCCNC(=O)Cn1cc(C(=O)O)nn1. The van der Waals surface area contributed by atoms with E-state index in [9.17, 15) is 9.59 Å². The van der Waals surface area contributed by atoms with E-state index in [-0.39, 0.29) is 18.1 Å². The number of aromatic nitrogens is 3. The molecule has 2 N–H and O–H groups in total. The van der Waals surface area contributed by atoms with Gasteiger partial charge in [-0.05, 0) is 12.3 Å². The van der Waals surface area contributed by atoms with Crippen molar-refractivity contribution >= 4 is 11.9 Å². The number of carbonyl (C=O) groups is 2. The summed E-state index contributed by atoms with van der Waals surface area (Å²) in [4.78, 5) is 22.1. The van der Waals surface area contributed by atoms with Gasteiger partial charge in [-0.1, -0.05) is 19.1 Å². The number of nitrogens with zero attached hydrogens (tertiary/aromatic N) is 3. The molecule has 0 saturated carbocycles. The third-order valence-corrected chi connectivity index (χ3v) is 2.47. The Hall–Kier alpha value is -1.96. The van der Waals surface area contributed by atoms with E-state index >= 15 is 0 Å². The maximum atomic E-state index is 11.5. The molecule has 0 atom stereocenters. The van der Waals surface area contributed by atoms with Crippen molar-refractivity contribution in [3.05, 3.63) is 11.9 Å². The Morgan fingerprint density at radius 2 is 2.20 bits per heavy atom. The molecule has 0 aliphatic heterocycles. The maximum absolute atomic E-state index is 11.5. The smallest absolute Gasteiger partial charge is 0.358 e. The summed E-state index contributed by atoms with van der Waals surface area (Å²) in [5.41, 5.74) is -0.185. The van der Waals surface area contributed by atoms with Gasteiger partial charge in [0.2, 0.25) is 5.91 Å². The summed E-state index contributed by atoms with van der Waals surface area (Å²) in [6, 6.07) is 0. The highest BCUT2D eigenvalue weighted by Crippen LogP contribution is 1.98. The Kier molecular flexibility index (Phi) is 6.65. The molecule has 8 heteroatoms. The van der Waals surface area contributed by atoms with Crippen molar-refractivity contribution in [1.29, 1.82) is 0 Å². The van der Waals surface area contributed by atoms with Gasteiger partial charge < -0.3 is 15.2 Å². The molecule has 1 aromatic heterocycles. The van der Waals surface area contributed by atoms with Gasteiger partial charge in [0, 0.05) is 13.2 Å². The maximum Gasteiger partial charge on any atom is 0.358 e. The van der Waals surface area contributed by atoms with E-state index in [2.05, 4.69) is 29.5 Å². The number of hydrogen-bond acceptors (Lipinski definition) is 5. The van der Waals surface area contributed by atoms with Crippen molar-refractivity contribution in [2.24, 2.45) is 5.92 Å². The topological polar surface area (TPSA) is 106 Å². The monoisotopic (exact) mass is 284 g/mol. The van der Waals surface area contributed by atoms with Crippen molar-refractivity contribution in [2.45, 2.75) is 26.8 Å². The predicted molar refractivity (Wildman–Crippen MR) is 70.3 cm³/mol. The average molecular weight is 284 g/mol. The predicted octanol–water partition coefficient (Wildman–Crippen LogP) is 0.155. The normalized spacial score (nSPS) is 10.8. The lowest BCUT2D eigenvalue weighted by atomic mass is 10.1. The molecule has 0 aromatic carbocycles. The lowest BCUT2D eigenvalue weighted by molar-refractivity contribution is -0.122. The largest absolute Gasteiger partial charge is 0.476 e. The van der Waals surface area contributed by atoms with E-state index in [0.29, 0.717) is 25.7 Å². The number of carboxylic acid groups (broad SMARTS) is 1. The van der Waals surface area contributed by atoms with Crippen molar-refractivity contribution in [3.63, 3.8) is 0 Å². The molecule has 20 heavy (non-hydrogen) atoms. The second-order valence-corrected chi connectivity index (χ2v) is 4.75. The van der Waals surface area contributed by atoms with Gasteiger partial charge in [-0.15, -0.1) is 5.10 Å². The Morgan fingerprint density at radius 1 is 1.45 bits per heavy atom. The van der Waals surface area contributed by atoms with E-state index in [1.54, 1.807) is 0 Å². The number of nitrogens with one attached hydrogen (secondary N) is 1. The molecule has 0 spiro atoms. The van der Waals surface area contributed by atoms with Crippen LogP contribution in [0.5, 0.6) is 0 Å². The Labute approximate surface area is 117 Å². The van der Waals surface area contributed by atoms with E-state index in [4.69, 9.17) is 9.84 Å². The van der Waals surface area contributed by atoms with Crippen LogP contribution >= 0.6 is 0 Å². The van der Waals surface area contributed by atoms with Gasteiger partial charge in [0.15, 0.2) is 5.69 Å². The quantitative estimate of drug-likeness (QED) is 0.625. The van der Waals surface area contributed by atoms with Crippen LogP contribution in [0.1, 0.15) is 30.8 Å². The molecule has 1 heterocycles. The van der Waals surface area contributed by atoms with Gasteiger partial charge in [-0.3, -0.25) is 4.79 Å². The molecular weight excluding hydrogens is 264 g/mol. The number of carboxylic acids is 1. The average Bonchev–Trinajstić information content (AvgIpc) is 2.81. The van der Waals surface area contributed by atoms with Gasteiger partial charge in [-0.25, -0.2) is 9.48 Å². The summed E-state index contributed by atoms with van der Waals surface area (Å²) in [6.45, 7) is 5.72. The third-order valence-electron chi connectivity index (χ3n) is 2.47. The minimum Gasteiger partial charge on any atom is -0.476 e. The molecule has 0 aliphatic carbocycles. The van der Waals surface area contributed by atoms with Gasteiger partial charge in [-0.2, -0.15) is 0 Å². The fraction of sp³-hybridized carbons (Fsp3) is 0.667. The number of ether oxygens (including phenoxy) is 1. The summed E-state index contributed by atoms with van der Waals surface area (Å²) >= 11 is 0. The van der Waals surface area contributed by atoms with Crippen LogP contribution in [-0.2, 0) is 16.1 Å². The van der Waals surface area contributed by atoms with Crippen LogP contribution in [0.3, 0.4) is 0 Å². The minimum atomic E-state index is -1.17. The lowest BCUT2D eigenvalue weighted by Crippen LogP contribution is -2.30. The van der Waals surface area contributed by atoms with Crippen LogP contribution in [0, 0.1) is 5.92 Å². The second kappa shape index (κ2) is 8.26. The molecule has 0 aliphatic rings. The zero-order valence-corrected chi connectivity index (χ0v) is 11.7. The first-order chi connectivity index (χ1) is 9.49. The molecule has 1 rings (SSSR count). The molecule has 0 saturated heterocycles. The highest BCUT2D eigenvalue weighted by molar-refractivity contribution is 5.84. The molecule has 0 bridgehead atoms. The highest BCUT2D eigenvalue weighted by Gasteiger charge is 2.10. The van der Waals surface area contributed by atoms with Gasteiger partial charge >= 0.3 is 5.97 Å². The Balaban J connectivity index is 2.15. The Morgan fingerprint density at radius 3 is 2.80 bits per heavy atom. The Bertz CT molecular complexity index is 444. The minimum absolute atomic E-state index is 0.0632. The lowest BCUT2D eigenvalue weighted by Gasteiger charge is -2.07. The second-order valence-electron chi connectivity index (χ2n) is 4.75. The van der Waals surface area contributed by atoms with Crippen LogP contribution < -0.4 is 5.32 Å². The molecular formula is C12H20N4O4. The summed E-state index contributed by atoms with van der Waals surface area (Å²) in [7, 11) is 0. The summed E-state index contributed by atoms with van der Waals surface area (Å²) in [6.07, 6.45) is 2.20. The van der Waals surface area contributed by atoms with Crippen LogP contribution in [-0.4, -0.2) is 51.7 Å². The molecule has 8 nitrogen and oxygen atoms in total. The summed E-state index contributed by atoms with van der Waals surface area (Å²) in [5.74, 6) is -0.838. The number of aromatic carboxylic acids is 1. The molecule has 1 aromatic rings. The standard InChI is InChI=1S/C12H20N4O4/c1-9(2)3-5-20-6-4-13-11(17)8-16-7-10(12(18)19)14-15-16/h7,9H,3-6,8H2,1-2H3,(H,13,17)(H,18,19). The van der Waals surface area contributed by atoms with E-state index in [1.807, 2.05) is 0 Å². The zero-order chi connectivity index (χ0) is 15.0. The highest BCUT2D eigenvalue weighted by atomic mass is 16.5. The first kappa shape index (κ1) is 16.1. The number of amides is 1. The third kappa shape index (κ3) is 6.28.